The first kappa shape index (κ1) is 19.3. The Morgan fingerprint density at radius 2 is 1.93 bits per heavy atom. The SMILES string of the molecule is CN1CCCN(c2cnn(Cc3cccc(F)c3C(F)(F)F)c(=O)c2)CC1. The zero-order chi connectivity index (χ0) is 19.6. The predicted molar refractivity (Wildman–Crippen MR) is 93.3 cm³/mol. The molecule has 0 aliphatic carbocycles. The van der Waals surface area contributed by atoms with Crippen LogP contribution in [0.25, 0.3) is 0 Å². The number of alkyl halides is 3. The monoisotopic (exact) mass is 384 g/mol. The molecule has 1 aliphatic rings. The summed E-state index contributed by atoms with van der Waals surface area (Å²) in [4.78, 5) is 16.6. The highest BCUT2D eigenvalue weighted by atomic mass is 19.4. The summed E-state index contributed by atoms with van der Waals surface area (Å²) in [6, 6.07) is 4.46. The lowest BCUT2D eigenvalue weighted by molar-refractivity contribution is -0.140. The van der Waals surface area contributed by atoms with Crippen molar-refractivity contribution in [3.05, 3.63) is 57.8 Å². The molecule has 1 saturated heterocycles. The Hall–Kier alpha value is -2.42. The zero-order valence-electron chi connectivity index (χ0n) is 14.8. The van der Waals surface area contributed by atoms with Crippen molar-refractivity contribution < 1.29 is 17.6 Å². The number of anilines is 1. The molecular weight excluding hydrogens is 364 g/mol. The number of benzene rings is 1. The van der Waals surface area contributed by atoms with Crippen molar-refractivity contribution >= 4 is 5.69 Å². The molecule has 2 heterocycles. The minimum Gasteiger partial charge on any atom is -0.369 e. The van der Waals surface area contributed by atoms with E-state index >= 15 is 0 Å². The average molecular weight is 384 g/mol. The van der Waals surface area contributed by atoms with Crippen molar-refractivity contribution in [2.75, 3.05) is 38.1 Å². The fraction of sp³-hybridized carbons (Fsp3) is 0.444. The van der Waals surface area contributed by atoms with Gasteiger partial charge in [-0.05, 0) is 31.6 Å². The van der Waals surface area contributed by atoms with Crippen LogP contribution in [0.5, 0.6) is 0 Å². The van der Waals surface area contributed by atoms with Gasteiger partial charge in [0.2, 0.25) is 0 Å². The highest BCUT2D eigenvalue weighted by molar-refractivity contribution is 5.43. The van der Waals surface area contributed by atoms with Gasteiger partial charge in [0.1, 0.15) is 5.82 Å². The minimum atomic E-state index is -4.84. The number of likely N-dealkylation sites (N-methyl/N-ethyl adjacent to an activating group) is 1. The van der Waals surface area contributed by atoms with E-state index in [0.717, 1.165) is 49.4 Å². The molecular formula is C18H20F4N4O. The van der Waals surface area contributed by atoms with Gasteiger partial charge < -0.3 is 9.80 Å². The van der Waals surface area contributed by atoms with Crippen LogP contribution >= 0.6 is 0 Å². The standard InChI is InChI=1S/C18H20F4N4O/c1-24-6-3-7-25(9-8-24)14-10-16(27)26(23-11-14)12-13-4-2-5-15(19)17(13)18(20,21)22/h2,4-5,10-11H,3,6-9,12H2,1H3. The molecule has 1 aliphatic heterocycles. The maximum absolute atomic E-state index is 13.7. The first-order valence-corrected chi connectivity index (χ1v) is 8.61. The summed E-state index contributed by atoms with van der Waals surface area (Å²) in [5.74, 6) is -1.36. The van der Waals surface area contributed by atoms with Gasteiger partial charge in [0.05, 0.1) is 24.0 Å². The molecule has 27 heavy (non-hydrogen) atoms. The smallest absolute Gasteiger partial charge is 0.369 e. The molecule has 0 bridgehead atoms. The van der Waals surface area contributed by atoms with E-state index in [1.165, 1.54) is 18.3 Å². The Balaban J connectivity index is 1.86. The third-order valence-electron chi connectivity index (χ3n) is 4.64. The average Bonchev–Trinajstić information content (AvgIpc) is 2.80. The van der Waals surface area contributed by atoms with E-state index in [-0.39, 0.29) is 5.56 Å². The predicted octanol–water partition coefficient (Wildman–Crippen LogP) is 2.59. The molecule has 3 rings (SSSR count). The molecule has 5 nitrogen and oxygen atoms in total. The lowest BCUT2D eigenvalue weighted by Crippen LogP contribution is -2.31. The van der Waals surface area contributed by atoms with Crippen LogP contribution < -0.4 is 10.5 Å². The summed E-state index contributed by atoms with van der Waals surface area (Å²) in [7, 11) is 2.02. The summed E-state index contributed by atoms with van der Waals surface area (Å²) in [5, 5.41) is 4.01. The second-order valence-corrected chi connectivity index (χ2v) is 6.63. The number of hydrogen-bond donors (Lipinski definition) is 0. The van der Waals surface area contributed by atoms with E-state index in [9.17, 15) is 22.4 Å². The third kappa shape index (κ3) is 4.47. The van der Waals surface area contributed by atoms with Crippen LogP contribution in [0.2, 0.25) is 0 Å². The van der Waals surface area contributed by atoms with Gasteiger partial charge in [-0.15, -0.1) is 0 Å². The van der Waals surface area contributed by atoms with Crippen LogP contribution in [0.3, 0.4) is 0 Å². The molecule has 1 aromatic carbocycles. The van der Waals surface area contributed by atoms with E-state index in [1.807, 2.05) is 11.9 Å². The van der Waals surface area contributed by atoms with E-state index in [1.54, 1.807) is 0 Å². The van der Waals surface area contributed by atoms with Gasteiger partial charge in [0.25, 0.3) is 5.56 Å². The minimum absolute atomic E-state index is 0.332. The highest BCUT2D eigenvalue weighted by Gasteiger charge is 2.36. The second kappa shape index (κ2) is 7.67. The van der Waals surface area contributed by atoms with Gasteiger partial charge in [0.15, 0.2) is 0 Å². The normalized spacial score (nSPS) is 16.4. The van der Waals surface area contributed by atoms with Crippen LogP contribution in [-0.4, -0.2) is 47.9 Å². The van der Waals surface area contributed by atoms with Crippen molar-refractivity contribution in [3.63, 3.8) is 0 Å². The van der Waals surface area contributed by atoms with E-state index in [2.05, 4.69) is 10.00 Å². The lowest BCUT2D eigenvalue weighted by Gasteiger charge is -2.22. The number of hydrogen-bond acceptors (Lipinski definition) is 4. The molecule has 1 aromatic heterocycles. The van der Waals surface area contributed by atoms with Crippen molar-refractivity contribution in [1.82, 2.24) is 14.7 Å². The molecule has 0 spiro atoms. The zero-order valence-corrected chi connectivity index (χ0v) is 14.8. The number of rotatable bonds is 3. The Bertz CT molecular complexity index is 865. The summed E-state index contributed by atoms with van der Waals surface area (Å²) in [5.41, 5.74) is -1.58. The molecule has 9 heteroatoms. The van der Waals surface area contributed by atoms with Crippen molar-refractivity contribution in [1.29, 1.82) is 0 Å². The van der Waals surface area contributed by atoms with Gasteiger partial charge in [-0.3, -0.25) is 4.79 Å². The summed E-state index contributed by atoms with van der Waals surface area (Å²) < 4.78 is 54.0. The molecule has 0 N–H and O–H groups in total. The molecule has 0 unspecified atom stereocenters. The first-order chi connectivity index (χ1) is 12.8. The fourth-order valence-electron chi connectivity index (χ4n) is 3.20. The number of aromatic nitrogens is 2. The fourth-order valence-corrected chi connectivity index (χ4v) is 3.20. The Morgan fingerprint density at radius 3 is 2.63 bits per heavy atom. The van der Waals surface area contributed by atoms with Crippen LogP contribution in [0.4, 0.5) is 23.2 Å². The molecule has 2 aromatic rings. The second-order valence-electron chi connectivity index (χ2n) is 6.63. The molecule has 0 radical (unpaired) electrons. The molecule has 146 valence electrons. The van der Waals surface area contributed by atoms with Crippen molar-refractivity contribution in [3.8, 4) is 0 Å². The summed E-state index contributed by atoms with van der Waals surface area (Å²) in [6.07, 6.45) is -2.43. The summed E-state index contributed by atoms with van der Waals surface area (Å²) >= 11 is 0. The molecule has 0 saturated carbocycles. The highest BCUT2D eigenvalue weighted by Crippen LogP contribution is 2.34. The van der Waals surface area contributed by atoms with Crippen LogP contribution in [0.1, 0.15) is 17.5 Å². The Morgan fingerprint density at radius 1 is 1.15 bits per heavy atom. The van der Waals surface area contributed by atoms with E-state index in [4.69, 9.17) is 0 Å². The number of halogens is 4. The summed E-state index contributed by atoms with van der Waals surface area (Å²) in [6.45, 7) is 2.87. The van der Waals surface area contributed by atoms with Crippen LogP contribution in [0.15, 0.2) is 35.3 Å². The largest absolute Gasteiger partial charge is 0.419 e. The molecule has 0 amide bonds. The third-order valence-corrected chi connectivity index (χ3v) is 4.64. The van der Waals surface area contributed by atoms with E-state index in [0.29, 0.717) is 5.69 Å². The Labute approximate surface area is 153 Å². The topological polar surface area (TPSA) is 41.4 Å². The molecule has 1 fully saturated rings. The quantitative estimate of drug-likeness (QED) is 0.763. The van der Waals surface area contributed by atoms with Gasteiger partial charge in [-0.1, -0.05) is 12.1 Å². The van der Waals surface area contributed by atoms with Crippen molar-refractivity contribution in [2.24, 2.45) is 0 Å². The van der Waals surface area contributed by atoms with Crippen LogP contribution in [0, 0.1) is 5.82 Å². The Kier molecular flexibility index (Phi) is 5.50. The first-order valence-electron chi connectivity index (χ1n) is 8.61. The van der Waals surface area contributed by atoms with Gasteiger partial charge in [-0.2, -0.15) is 18.3 Å². The van der Waals surface area contributed by atoms with Gasteiger partial charge in [-0.25, -0.2) is 9.07 Å². The maximum atomic E-state index is 13.7. The number of nitrogens with zero attached hydrogens (tertiary/aromatic N) is 4. The van der Waals surface area contributed by atoms with E-state index < -0.39 is 29.7 Å². The van der Waals surface area contributed by atoms with Crippen LogP contribution in [-0.2, 0) is 12.7 Å². The van der Waals surface area contributed by atoms with Gasteiger partial charge >= 0.3 is 6.18 Å². The maximum Gasteiger partial charge on any atom is 0.419 e. The molecule has 0 atom stereocenters. The van der Waals surface area contributed by atoms with Crippen molar-refractivity contribution in [2.45, 2.75) is 19.1 Å². The lowest BCUT2D eigenvalue weighted by atomic mass is 10.1. The van der Waals surface area contributed by atoms with Gasteiger partial charge in [0, 0.05) is 25.7 Å².